The fourth-order valence-electron chi connectivity index (χ4n) is 2.66. The highest BCUT2D eigenvalue weighted by Gasteiger charge is 2.08. The van der Waals surface area contributed by atoms with E-state index in [1.54, 1.807) is 7.11 Å². The Morgan fingerprint density at radius 1 is 0.800 bits per heavy atom. The van der Waals surface area contributed by atoms with Gasteiger partial charge in [-0.3, -0.25) is 0 Å². The van der Waals surface area contributed by atoms with Crippen LogP contribution in [0.1, 0.15) is 22.3 Å². The van der Waals surface area contributed by atoms with Crippen LogP contribution in [0.15, 0.2) is 42.5 Å². The van der Waals surface area contributed by atoms with Crippen molar-refractivity contribution in [1.29, 1.82) is 0 Å². The Kier molecular flexibility index (Phi) is 4.03. The summed E-state index contributed by atoms with van der Waals surface area (Å²) in [6, 6.07) is 15.6. The van der Waals surface area contributed by atoms with Gasteiger partial charge < -0.3 is 9.47 Å². The van der Waals surface area contributed by atoms with Crippen molar-refractivity contribution in [3.05, 3.63) is 64.7 Å². The third-order valence-electron chi connectivity index (χ3n) is 3.87. The normalized spacial score (nSPS) is 13.8. The van der Waals surface area contributed by atoms with Crippen molar-refractivity contribution in [2.75, 3.05) is 13.9 Å². The van der Waals surface area contributed by atoms with Gasteiger partial charge in [0.1, 0.15) is 5.75 Å². The number of rotatable bonds is 3. The van der Waals surface area contributed by atoms with Gasteiger partial charge in [0.25, 0.3) is 0 Å². The van der Waals surface area contributed by atoms with E-state index in [9.17, 15) is 0 Å². The minimum absolute atomic E-state index is 0.310. The lowest BCUT2D eigenvalue weighted by atomic mass is 9.96. The first-order valence-electron chi connectivity index (χ1n) is 7.16. The molecular formula is C18H20O2. The molecule has 6 rings (SSSR count). The van der Waals surface area contributed by atoms with Crippen molar-refractivity contribution >= 4 is 0 Å². The summed E-state index contributed by atoms with van der Waals surface area (Å²) in [5.74, 6) is 0.972. The van der Waals surface area contributed by atoms with Gasteiger partial charge in [0, 0.05) is 7.11 Å². The maximum atomic E-state index is 5.73. The Labute approximate surface area is 120 Å². The molecule has 2 aromatic rings. The van der Waals surface area contributed by atoms with Gasteiger partial charge in [0.05, 0.1) is 0 Å². The molecule has 0 spiro atoms. The standard InChI is InChI=1S/C18H20O2/c1-19-13-20-18-12-16-7-6-14-2-4-15(5-3-14)8-10-17(18)11-9-16/h2-5,9,11-12H,6-8,10,13H2,1H3. The molecule has 0 amide bonds. The van der Waals surface area contributed by atoms with E-state index in [1.165, 1.54) is 22.3 Å². The average Bonchev–Trinajstić information content (AvgIpc) is 2.48. The molecule has 0 radical (unpaired) electrons. The summed E-state index contributed by atoms with van der Waals surface area (Å²) in [4.78, 5) is 0. The topological polar surface area (TPSA) is 18.5 Å². The van der Waals surface area contributed by atoms with Crippen molar-refractivity contribution in [1.82, 2.24) is 0 Å². The van der Waals surface area contributed by atoms with Crippen molar-refractivity contribution < 1.29 is 9.47 Å². The predicted molar refractivity (Wildman–Crippen MR) is 80.2 cm³/mol. The number of benzene rings is 2. The molecule has 0 N–H and O–H groups in total. The zero-order chi connectivity index (χ0) is 13.8. The summed E-state index contributed by atoms with van der Waals surface area (Å²) < 4.78 is 10.8. The van der Waals surface area contributed by atoms with E-state index in [2.05, 4.69) is 42.5 Å². The molecule has 0 atom stereocenters. The van der Waals surface area contributed by atoms with Gasteiger partial charge >= 0.3 is 0 Å². The summed E-state index contributed by atoms with van der Waals surface area (Å²) in [6.07, 6.45) is 4.16. The van der Waals surface area contributed by atoms with Crippen LogP contribution in [0.4, 0.5) is 0 Å². The molecule has 2 nitrogen and oxygen atoms in total. The van der Waals surface area contributed by atoms with Crippen molar-refractivity contribution in [2.24, 2.45) is 0 Å². The van der Waals surface area contributed by atoms with E-state index in [-0.39, 0.29) is 0 Å². The lowest BCUT2D eigenvalue weighted by molar-refractivity contribution is 0.0504. The third kappa shape index (κ3) is 3.02. The summed E-state index contributed by atoms with van der Waals surface area (Å²) in [5, 5.41) is 0. The molecule has 0 unspecified atom stereocenters. The van der Waals surface area contributed by atoms with Crippen LogP contribution in [0, 0.1) is 0 Å². The van der Waals surface area contributed by atoms with Gasteiger partial charge in [0.2, 0.25) is 0 Å². The largest absolute Gasteiger partial charge is 0.467 e. The highest BCUT2D eigenvalue weighted by molar-refractivity contribution is 5.39. The molecule has 0 heterocycles. The highest BCUT2D eigenvalue weighted by atomic mass is 16.7. The van der Waals surface area contributed by atoms with Crippen LogP contribution in [0.25, 0.3) is 0 Å². The van der Waals surface area contributed by atoms with Gasteiger partial charge in [-0.2, -0.15) is 0 Å². The molecule has 0 saturated carbocycles. The van der Waals surface area contributed by atoms with E-state index in [0.29, 0.717) is 6.79 Å². The van der Waals surface area contributed by atoms with Crippen molar-refractivity contribution in [2.45, 2.75) is 25.7 Å². The Balaban J connectivity index is 1.91. The van der Waals surface area contributed by atoms with Crippen molar-refractivity contribution in [3.63, 3.8) is 0 Å². The summed E-state index contributed by atoms with van der Waals surface area (Å²) in [5.41, 5.74) is 5.37. The number of hydrogen-bond acceptors (Lipinski definition) is 2. The van der Waals surface area contributed by atoms with Crippen LogP contribution in [0.5, 0.6) is 5.75 Å². The van der Waals surface area contributed by atoms with E-state index in [1.807, 2.05) is 0 Å². The third-order valence-corrected chi connectivity index (χ3v) is 3.87. The molecule has 0 aromatic heterocycles. The predicted octanol–water partition coefficient (Wildman–Crippen LogP) is 3.55. The Morgan fingerprint density at radius 3 is 2.10 bits per heavy atom. The van der Waals surface area contributed by atoms with E-state index in [4.69, 9.17) is 9.47 Å². The lowest BCUT2D eigenvalue weighted by Gasteiger charge is -2.14. The second kappa shape index (κ2) is 6.10. The number of aryl methyl sites for hydroxylation is 4. The van der Waals surface area contributed by atoms with Crippen LogP contribution in [-0.4, -0.2) is 13.9 Å². The van der Waals surface area contributed by atoms with Crippen LogP contribution >= 0.6 is 0 Å². The minimum Gasteiger partial charge on any atom is -0.467 e. The molecule has 4 aliphatic carbocycles. The van der Waals surface area contributed by atoms with E-state index < -0.39 is 0 Å². The molecule has 4 bridgehead atoms. The maximum Gasteiger partial charge on any atom is 0.188 e. The number of hydrogen-bond donors (Lipinski definition) is 0. The quantitative estimate of drug-likeness (QED) is 0.793. The molecule has 2 aromatic carbocycles. The summed E-state index contributed by atoms with van der Waals surface area (Å²) >= 11 is 0. The second-order valence-corrected chi connectivity index (χ2v) is 5.31. The Bertz CT molecular complexity index is 572. The van der Waals surface area contributed by atoms with Gasteiger partial charge in [-0.25, -0.2) is 0 Å². The maximum absolute atomic E-state index is 5.73. The number of methoxy groups -OCH3 is 1. The van der Waals surface area contributed by atoms with Crippen LogP contribution < -0.4 is 4.74 Å². The summed E-state index contributed by atoms with van der Waals surface area (Å²) in [6.45, 7) is 0.310. The Morgan fingerprint density at radius 2 is 1.40 bits per heavy atom. The van der Waals surface area contributed by atoms with Crippen LogP contribution in [0.3, 0.4) is 0 Å². The SMILES string of the molecule is COCOc1cc2ccc1CCc1ccc(cc1)CC2. The molecule has 0 saturated heterocycles. The first-order valence-corrected chi connectivity index (χ1v) is 7.16. The number of ether oxygens (including phenoxy) is 2. The smallest absolute Gasteiger partial charge is 0.188 e. The molecular weight excluding hydrogens is 248 g/mol. The van der Waals surface area contributed by atoms with Crippen molar-refractivity contribution in [3.8, 4) is 5.75 Å². The van der Waals surface area contributed by atoms with Gasteiger partial charge in [-0.1, -0.05) is 36.4 Å². The zero-order valence-corrected chi connectivity index (χ0v) is 11.9. The fraction of sp³-hybridized carbons (Fsp3) is 0.333. The van der Waals surface area contributed by atoms with Crippen LogP contribution in [0.2, 0.25) is 0 Å². The average molecular weight is 268 g/mol. The zero-order valence-electron chi connectivity index (χ0n) is 11.9. The monoisotopic (exact) mass is 268 g/mol. The van der Waals surface area contributed by atoms with Crippen LogP contribution in [-0.2, 0) is 30.4 Å². The Hall–Kier alpha value is -1.80. The minimum atomic E-state index is 0.310. The van der Waals surface area contributed by atoms with E-state index >= 15 is 0 Å². The molecule has 0 aliphatic heterocycles. The highest BCUT2D eigenvalue weighted by Crippen LogP contribution is 2.24. The van der Waals surface area contributed by atoms with Gasteiger partial charge in [0.15, 0.2) is 6.79 Å². The fourth-order valence-corrected chi connectivity index (χ4v) is 2.66. The first-order chi connectivity index (χ1) is 9.85. The lowest BCUT2D eigenvalue weighted by Crippen LogP contribution is -2.04. The molecule has 104 valence electrons. The second-order valence-electron chi connectivity index (χ2n) is 5.31. The van der Waals surface area contributed by atoms with Gasteiger partial charge in [-0.15, -0.1) is 0 Å². The molecule has 4 aliphatic rings. The molecule has 2 heteroatoms. The van der Waals surface area contributed by atoms with Gasteiger partial charge in [-0.05, 0) is 54.0 Å². The summed E-state index contributed by atoms with van der Waals surface area (Å²) in [7, 11) is 1.66. The van der Waals surface area contributed by atoms with E-state index in [0.717, 1.165) is 31.4 Å². The first kappa shape index (κ1) is 13.2. The molecule has 0 fully saturated rings. The molecule has 20 heavy (non-hydrogen) atoms.